The molecule has 0 amide bonds. The lowest BCUT2D eigenvalue weighted by molar-refractivity contribution is -0.137. The second-order valence-electron chi connectivity index (χ2n) is 5.83. The summed E-state index contributed by atoms with van der Waals surface area (Å²) >= 11 is 0. The van der Waals surface area contributed by atoms with Crippen LogP contribution in [0.25, 0.3) is 0 Å². The zero-order valence-electron chi connectivity index (χ0n) is 14.2. The van der Waals surface area contributed by atoms with Gasteiger partial charge in [-0.05, 0) is 32.1 Å². The molecule has 1 aliphatic rings. The summed E-state index contributed by atoms with van der Waals surface area (Å²) in [7, 11) is 0. The average molecular weight is 318 g/mol. The Bertz CT molecular complexity index is 432. The molecular weight excluding hydrogens is 288 g/mol. The van der Waals surface area contributed by atoms with Crippen LogP contribution in [0, 0.1) is 0 Å². The van der Waals surface area contributed by atoms with Crippen molar-refractivity contribution in [2.45, 2.75) is 70.5 Å². The number of allylic oxidation sites excluding steroid dienone is 7. The number of epoxide rings is 1. The van der Waals surface area contributed by atoms with E-state index in [4.69, 9.17) is 9.84 Å². The third kappa shape index (κ3) is 11.6. The molecule has 23 heavy (non-hydrogen) atoms. The Morgan fingerprint density at radius 3 is 2.65 bits per heavy atom. The highest BCUT2D eigenvalue weighted by Crippen LogP contribution is 2.28. The Labute approximate surface area is 140 Å². The molecule has 1 aliphatic heterocycles. The minimum absolute atomic E-state index is 0.170. The summed E-state index contributed by atoms with van der Waals surface area (Å²) in [6.45, 7) is 2.22. The van der Waals surface area contributed by atoms with Gasteiger partial charge in [0.15, 0.2) is 0 Å². The number of hydrogen-bond donors (Lipinski definition) is 1. The van der Waals surface area contributed by atoms with E-state index in [1.54, 1.807) is 0 Å². The lowest BCUT2D eigenvalue weighted by Gasteiger charge is -1.91. The van der Waals surface area contributed by atoms with E-state index in [2.05, 4.69) is 31.2 Å². The molecule has 3 nitrogen and oxygen atoms in total. The maximum Gasteiger partial charge on any atom is 0.303 e. The van der Waals surface area contributed by atoms with E-state index in [1.807, 2.05) is 24.3 Å². The summed E-state index contributed by atoms with van der Waals surface area (Å²) in [5, 5.41) is 8.56. The van der Waals surface area contributed by atoms with E-state index in [-0.39, 0.29) is 18.6 Å². The smallest absolute Gasteiger partial charge is 0.303 e. The van der Waals surface area contributed by atoms with Gasteiger partial charge in [0.05, 0.1) is 6.10 Å². The maximum atomic E-state index is 10.4. The molecular formula is C20H30O3. The first-order chi connectivity index (χ1) is 11.2. The van der Waals surface area contributed by atoms with Gasteiger partial charge in [0.2, 0.25) is 0 Å². The molecule has 0 spiro atoms. The average Bonchev–Trinajstić information content (AvgIpc) is 3.26. The monoisotopic (exact) mass is 318 g/mol. The molecule has 0 aliphatic carbocycles. The standard InChI is InChI=1S/C20H30O3/c1-2-3-4-5-6-7-8-9-10-11-12-13-15-18-19(23-18)16-14-17-20(21)22/h6-7,9-13,15,18-19H,2-5,8,14,16-17H2,1H3,(H,21,22)/b7-6-,10-9-,12-11+,15-13+/t18-,19-/m0/s1. The van der Waals surface area contributed by atoms with Gasteiger partial charge < -0.3 is 9.84 Å². The van der Waals surface area contributed by atoms with Crippen LogP contribution in [0.1, 0.15) is 58.3 Å². The molecule has 0 radical (unpaired) electrons. The van der Waals surface area contributed by atoms with Crippen molar-refractivity contribution >= 4 is 5.97 Å². The Morgan fingerprint density at radius 1 is 1.04 bits per heavy atom. The molecule has 0 aromatic heterocycles. The molecule has 0 aromatic carbocycles. The fraction of sp³-hybridized carbons (Fsp3) is 0.550. The molecule has 1 saturated heterocycles. The highest BCUT2D eigenvalue weighted by atomic mass is 16.6. The van der Waals surface area contributed by atoms with Gasteiger partial charge in [-0.3, -0.25) is 4.79 Å². The second-order valence-corrected chi connectivity index (χ2v) is 5.83. The predicted molar refractivity (Wildman–Crippen MR) is 95.5 cm³/mol. The third-order valence-corrected chi connectivity index (χ3v) is 3.68. The molecule has 1 rings (SSSR count). The third-order valence-electron chi connectivity index (χ3n) is 3.68. The predicted octanol–water partition coefficient (Wildman–Crippen LogP) is 5.20. The fourth-order valence-electron chi connectivity index (χ4n) is 2.28. The normalized spacial score (nSPS) is 21.3. The molecule has 1 heterocycles. The number of ether oxygens (including phenoxy) is 1. The minimum Gasteiger partial charge on any atom is -0.481 e. The van der Waals surface area contributed by atoms with Crippen LogP contribution in [0.15, 0.2) is 48.6 Å². The molecule has 0 bridgehead atoms. The van der Waals surface area contributed by atoms with Crippen molar-refractivity contribution in [1.29, 1.82) is 0 Å². The maximum absolute atomic E-state index is 10.4. The van der Waals surface area contributed by atoms with Crippen LogP contribution in [0.2, 0.25) is 0 Å². The summed E-state index contributed by atoms with van der Waals surface area (Å²) < 4.78 is 5.46. The lowest BCUT2D eigenvalue weighted by Crippen LogP contribution is -1.97. The Balaban J connectivity index is 1.99. The minimum atomic E-state index is -0.733. The summed E-state index contributed by atoms with van der Waals surface area (Å²) in [6.07, 6.45) is 24.9. The topological polar surface area (TPSA) is 49.8 Å². The summed E-state index contributed by atoms with van der Waals surface area (Å²) in [6, 6.07) is 0. The van der Waals surface area contributed by atoms with Crippen LogP contribution in [0.5, 0.6) is 0 Å². The van der Waals surface area contributed by atoms with Crippen LogP contribution in [-0.2, 0) is 9.53 Å². The van der Waals surface area contributed by atoms with Crippen molar-refractivity contribution in [3.63, 3.8) is 0 Å². The van der Waals surface area contributed by atoms with Crippen LogP contribution in [0.3, 0.4) is 0 Å². The van der Waals surface area contributed by atoms with Gasteiger partial charge in [-0.2, -0.15) is 0 Å². The van der Waals surface area contributed by atoms with E-state index in [1.165, 1.54) is 25.7 Å². The van der Waals surface area contributed by atoms with Gasteiger partial charge in [0.1, 0.15) is 6.10 Å². The van der Waals surface area contributed by atoms with Gasteiger partial charge in [0.25, 0.3) is 0 Å². The molecule has 3 heteroatoms. The molecule has 2 atom stereocenters. The van der Waals surface area contributed by atoms with Crippen molar-refractivity contribution in [2.75, 3.05) is 0 Å². The molecule has 128 valence electrons. The summed E-state index contributed by atoms with van der Waals surface area (Å²) in [5.74, 6) is -0.733. The Kier molecular flexibility index (Phi) is 10.9. The second kappa shape index (κ2) is 12.9. The van der Waals surface area contributed by atoms with Gasteiger partial charge in [-0.1, -0.05) is 68.4 Å². The molecule has 0 unspecified atom stereocenters. The zero-order chi connectivity index (χ0) is 16.8. The molecule has 1 fully saturated rings. The Morgan fingerprint density at radius 2 is 1.87 bits per heavy atom. The number of carboxylic acids is 1. The number of hydrogen-bond acceptors (Lipinski definition) is 2. The highest BCUT2D eigenvalue weighted by molar-refractivity contribution is 5.66. The van der Waals surface area contributed by atoms with Gasteiger partial charge in [-0.15, -0.1) is 0 Å². The first-order valence-corrected chi connectivity index (χ1v) is 8.76. The Hall–Kier alpha value is -1.61. The van der Waals surface area contributed by atoms with E-state index < -0.39 is 5.97 Å². The van der Waals surface area contributed by atoms with Crippen LogP contribution in [-0.4, -0.2) is 23.3 Å². The van der Waals surface area contributed by atoms with Gasteiger partial charge in [-0.25, -0.2) is 0 Å². The number of carboxylic acid groups (broad SMARTS) is 1. The van der Waals surface area contributed by atoms with E-state index in [9.17, 15) is 4.79 Å². The van der Waals surface area contributed by atoms with Crippen molar-refractivity contribution in [3.05, 3.63) is 48.6 Å². The number of rotatable bonds is 13. The van der Waals surface area contributed by atoms with Crippen molar-refractivity contribution < 1.29 is 14.6 Å². The van der Waals surface area contributed by atoms with Crippen LogP contribution >= 0.6 is 0 Å². The van der Waals surface area contributed by atoms with Crippen molar-refractivity contribution in [3.8, 4) is 0 Å². The van der Waals surface area contributed by atoms with Gasteiger partial charge in [0, 0.05) is 6.42 Å². The zero-order valence-corrected chi connectivity index (χ0v) is 14.2. The molecule has 0 aromatic rings. The summed E-state index contributed by atoms with van der Waals surface area (Å²) in [5.41, 5.74) is 0. The van der Waals surface area contributed by atoms with E-state index in [0.717, 1.165) is 12.8 Å². The van der Waals surface area contributed by atoms with Crippen molar-refractivity contribution in [1.82, 2.24) is 0 Å². The van der Waals surface area contributed by atoms with E-state index in [0.29, 0.717) is 6.42 Å². The number of unbranched alkanes of at least 4 members (excludes halogenated alkanes) is 3. The number of carbonyl (C=O) groups is 1. The largest absolute Gasteiger partial charge is 0.481 e. The molecule has 0 saturated carbocycles. The highest BCUT2D eigenvalue weighted by Gasteiger charge is 2.35. The molecule has 1 N–H and O–H groups in total. The SMILES string of the molecule is CCCCC/C=C\C\C=C/C=C/C=C/[C@@H]1O[C@H]1CCCC(=O)O. The summed E-state index contributed by atoms with van der Waals surface area (Å²) in [4.78, 5) is 10.4. The first-order valence-electron chi connectivity index (χ1n) is 8.76. The first kappa shape index (κ1) is 19.4. The van der Waals surface area contributed by atoms with E-state index >= 15 is 0 Å². The van der Waals surface area contributed by atoms with Crippen LogP contribution < -0.4 is 0 Å². The van der Waals surface area contributed by atoms with Gasteiger partial charge >= 0.3 is 5.97 Å². The van der Waals surface area contributed by atoms with Crippen molar-refractivity contribution in [2.24, 2.45) is 0 Å². The fourth-order valence-corrected chi connectivity index (χ4v) is 2.28. The number of aliphatic carboxylic acids is 1. The lowest BCUT2D eigenvalue weighted by atomic mass is 10.1. The quantitative estimate of drug-likeness (QED) is 0.220. The van der Waals surface area contributed by atoms with Crippen LogP contribution in [0.4, 0.5) is 0 Å².